The number of unbranched alkanes of at least 4 members (excludes halogenated alkanes) is 23. The SMILES string of the molecule is C=CC(O)C1=NC(C(=O)CCCCCCCCCCCCCCCCCCCCCCCCCC)CN1. The van der Waals surface area contributed by atoms with Crippen molar-refractivity contribution in [3.8, 4) is 0 Å². The molecule has 1 heterocycles. The van der Waals surface area contributed by atoms with Gasteiger partial charge in [-0.3, -0.25) is 9.79 Å². The molecule has 1 rings (SSSR count). The van der Waals surface area contributed by atoms with Gasteiger partial charge >= 0.3 is 0 Å². The van der Waals surface area contributed by atoms with Crippen molar-refractivity contribution in [2.24, 2.45) is 4.99 Å². The number of aliphatic hydroxyl groups excluding tert-OH is 1. The summed E-state index contributed by atoms with van der Waals surface area (Å²) in [7, 11) is 0. The van der Waals surface area contributed by atoms with Crippen LogP contribution in [0.1, 0.15) is 167 Å². The van der Waals surface area contributed by atoms with Gasteiger partial charge in [0.05, 0.1) is 0 Å². The van der Waals surface area contributed by atoms with Crippen LogP contribution in [0.2, 0.25) is 0 Å². The van der Waals surface area contributed by atoms with Crippen molar-refractivity contribution in [3.05, 3.63) is 12.7 Å². The molecule has 1 aliphatic rings. The van der Waals surface area contributed by atoms with Gasteiger partial charge in [0.2, 0.25) is 0 Å². The topological polar surface area (TPSA) is 61.7 Å². The molecule has 0 radical (unpaired) electrons. The van der Waals surface area contributed by atoms with Crippen LogP contribution in [0.25, 0.3) is 0 Å². The number of nitrogens with one attached hydrogen (secondary N) is 1. The van der Waals surface area contributed by atoms with Crippen LogP contribution in [0.15, 0.2) is 17.6 Å². The lowest BCUT2D eigenvalue weighted by Crippen LogP contribution is -2.31. The van der Waals surface area contributed by atoms with E-state index in [0.717, 1.165) is 12.8 Å². The number of carbonyl (C=O) groups excluding carboxylic acids is 1. The summed E-state index contributed by atoms with van der Waals surface area (Å²) in [5.74, 6) is 0.672. The zero-order chi connectivity index (χ0) is 26.8. The van der Waals surface area contributed by atoms with Gasteiger partial charge in [-0.25, -0.2) is 0 Å². The van der Waals surface area contributed by atoms with E-state index in [2.05, 4.69) is 23.8 Å². The first kappa shape index (κ1) is 33.9. The van der Waals surface area contributed by atoms with Crippen LogP contribution in [-0.4, -0.2) is 35.4 Å². The zero-order valence-electron chi connectivity index (χ0n) is 24.6. The molecule has 4 heteroatoms. The number of nitrogens with zero attached hydrogens (tertiary/aromatic N) is 1. The molecule has 216 valence electrons. The van der Waals surface area contributed by atoms with E-state index in [1.165, 1.54) is 147 Å². The molecule has 0 bridgehead atoms. The number of Topliss-reactive ketones (excluding diaryl/α,β-unsaturated/α-hetero) is 1. The number of aliphatic imine (C=N–C) groups is 1. The first-order chi connectivity index (χ1) is 18.2. The van der Waals surface area contributed by atoms with E-state index >= 15 is 0 Å². The summed E-state index contributed by atoms with van der Waals surface area (Å²) in [6.45, 7) is 6.36. The highest BCUT2D eigenvalue weighted by molar-refractivity contribution is 5.95. The predicted octanol–water partition coefficient (Wildman–Crippen LogP) is 9.25. The Morgan fingerprint density at radius 3 is 1.46 bits per heavy atom. The average molecular weight is 519 g/mol. The molecule has 0 saturated carbocycles. The fourth-order valence-electron chi connectivity index (χ4n) is 5.37. The zero-order valence-corrected chi connectivity index (χ0v) is 24.6. The Labute approximate surface area is 230 Å². The minimum absolute atomic E-state index is 0.192. The predicted molar refractivity (Wildman–Crippen MR) is 162 cm³/mol. The summed E-state index contributed by atoms with van der Waals surface area (Å²) >= 11 is 0. The quantitative estimate of drug-likeness (QED) is 0.0801. The van der Waals surface area contributed by atoms with Crippen LogP contribution in [0.4, 0.5) is 0 Å². The van der Waals surface area contributed by atoms with Crippen molar-refractivity contribution in [2.75, 3.05) is 6.54 Å². The molecule has 2 unspecified atom stereocenters. The van der Waals surface area contributed by atoms with Gasteiger partial charge in [0, 0.05) is 13.0 Å². The second kappa shape index (κ2) is 25.1. The lowest BCUT2D eigenvalue weighted by Gasteiger charge is -2.05. The molecule has 0 aromatic carbocycles. The van der Waals surface area contributed by atoms with Crippen molar-refractivity contribution in [2.45, 2.75) is 180 Å². The van der Waals surface area contributed by atoms with Gasteiger partial charge in [-0.2, -0.15) is 0 Å². The van der Waals surface area contributed by atoms with Gasteiger partial charge < -0.3 is 10.4 Å². The molecular weight excluding hydrogens is 456 g/mol. The maximum atomic E-state index is 12.3. The summed E-state index contributed by atoms with van der Waals surface area (Å²) < 4.78 is 0. The van der Waals surface area contributed by atoms with Crippen molar-refractivity contribution in [1.82, 2.24) is 5.32 Å². The Kier molecular flexibility index (Phi) is 23.0. The molecule has 0 aliphatic carbocycles. The number of ketones is 1. The number of amidine groups is 1. The third-order valence-corrected chi connectivity index (χ3v) is 7.92. The Morgan fingerprint density at radius 1 is 0.757 bits per heavy atom. The standard InChI is InChI=1S/C33H62N2O2/c1-3-5-6-7-8-9-10-11-12-13-14-15-16-17-18-19-20-21-22-23-24-25-26-27-28-32(37)30-29-34-33(35-30)31(36)4-2/h4,30-31,36H,2-3,5-29H2,1H3,(H,34,35). The average Bonchev–Trinajstić information content (AvgIpc) is 3.41. The lowest BCUT2D eigenvalue weighted by molar-refractivity contribution is -0.120. The van der Waals surface area contributed by atoms with Crippen LogP contribution >= 0.6 is 0 Å². The smallest absolute Gasteiger partial charge is 0.159 e. The molecule has 0 aromatic heterocycles. The van der Waals surface area contributed by atoms with Crippen molar-refractivity contribution >= 4 is 11.6 Å². The van der Waals surface area contributed by atoms with E-state index < -0.39 is 6.10 Å². The van der Waals surface area contributed by atoms with Gasteiger partial charge in [0.25, 0.3) is 0 Å². The molecule has 2 atom stereocenters. The summed E-state index contributed by atoms with van der Waals surface area (Å²) in [6.07, 6.45) is 34.5. The van der Waals surface area contributed by atoms with Gasteiger partial charge in [-0.05, 0) is 6.42 Å². The number of hydrogen-bond donors (Lipinski definition) is 2. The normalized spacial score (nSPS) is 15.9. The molecule has 4 nitrogen and oxygen atoms in total. The van der Waals surface area contributed by atoms with E-state index in [1.54, 1.807) is 0 Å². The van der Waals surface area contributed by atoms with E-state index in [9.17, 15) is 9.90 Å². The van der Waals surface area contributed by atoms with Crippen LogP contribution in [-0.2, 0) is 4.79 Å². The first-order valence-corrected chi connectivity index (χ1v) is 16.3. The molecule has 0 saturated heterocycles. The van der Waals surface area contributed by atoms with Gasteiger partial charge in [-0.1, -0.05) is 161 Å². The molecule has 0 amide bonds. The van der Waals surface area contributed by atoms with Gasteiger partial charge in [-0.15, -0.1) is 6.58 Å². The minimum Gasteiger partial charge on any atom is -0.381 e. The fraction of sp³-hybridized carbons (Fsp3) is 0.879. The molecule has 2 N–H and O–H groups in total. The third kappa shape index (κ3) is 19.5. The van der Waals surface area contributed by atoms with Crippen molar-refractivity contribution < 1.29 is 9.90 Å². The summed E-state index contributed by atoms with van der Waals surface area (Å²) in [4.78, 5) is 16.6. The molecule has 37 heavy (non-hydrogen) atoms. The summed E-state index contributed by atoms with van der Waals surface area (Å²) in [5, 5.41) is 12.7. The van der Waals surface area contributed by atoms with Crippen LogP contribution < -0.4 is 5.32 Å². The second-order valence-corrected chi connectivity index (χ2v) is 11.4. The minimum atomic E-state index is -0.790. The van der Waals surface area contributed by atoms with Crippen LogP contribution in [0.5, 0.6) is 0 Å². The lowest BCUT2D eigenvalue weighted by atomic mass is 10.0. The highest BCUT2D eigenvalue weighted by Crippen LogP contribution is 2.16. The van der Waals surface area contributed by atoms with Crippen LogP contribution in [0.3, 0.4) is 0 Å². The Balaban J connectivity index is 1.73. The number of carbonyl (C=O) groups is 1. The van der Waals surface area contributed by atoms with Crippen molar-refractivity contribution in [3.63, 3.8) is 0 Å². The Hall–Kier alpha value is -1.16. The maximum Gasteiger partial charge on any atom is 0.159 e. The first-order valence-electron chi connectivity index (χ1n) is 16.3. The monoisotopic (exact) mass is 518 g/mol. The van der Waals surface area contributed by atoms with Crippen LogP contribution in [0, 0.1) is 0 Å². The molecule has 0 spiro atoms. The van der Waals surface area contributed by atoms with Gasteiger partial charge in [0.15, 0.2) is 5.78 Å². The number of aliphatic hydroxyl groups is 1. The number of hydrogen-bond acceptors (Lipinski definition) is 4. The molecule has 1 aliphatic heterocycles. The highest BCUT2D eigenvalue weighted by atomic mass is 16.3. The van der Waals surface area contributed by atoms with E-state index in [4.69, 9.17) is 0 Å². The largest absolute Gasteiger partial charge is 0.381 e. The molecular formula is C33H62N2O2. The van der Waals surface area contributed by atoms with E-state index in [-0.39, 0.29) is 11.8 Å². The van der Waals surface area contributed by atoms with E-state index in [1.807, 2.05) is 0 Å². The van der Waals surface area contributed by atoms with Crippen molar-refractivity contribution in [1.29, 1.82) is 0 Å². The Bertz CT molecular complexity index is 575. The Morgan fingerprint density at radius 2 is 1.11 bits per heavy atom. The number of rotatable bonds is 28. The summed E-state index contributed by atoms with van der Waals surface area (Å²) in [5.41, 5.74) is 0. The third-order valence-electron chi connectivity index (χ3n) is 7.92. The molecule has 0 fully saturated rings. The highest BCUT2D eigenvalue weighted by Gasteiger charge is 2.25. The summed E-state index contributed by atoms with van der Waals surface area (Å²) in [6, 6.07) is -0.325. The second-order valence-electron chi connectivity index (χ2n) is 11.4. The fourth-order valence-corrected chi connectivity index (χ4v) is 5.37. The maximum absolute atomic E-state index is 12.3. The molecule has 0 aromatic rings. The van der Waals surface area contributed by atoms with Gasteiger partial charge in [0.1, 0.15) is 18.0 Å². The van der Waals surface area contributed by atoms with E-state index in [0.29, 0.717) is 18.8 Å².